The smallest absolute Gasteiger partial charge is 0.408 e. The fourth-order valence-corrected chi connectivity index (χ4v) is 2.76. The van der Waals surface area contributed by atoms with Gasteiger partial charge in [-0.2, -0.15) is 0 Å². The van der Waals surface area contributed by atoms with Gasteiger partial charge in [0.25, 0.3) is 0 Å². The summed E-state index contributed by atoms with van der Waals surface area (Å²) in [5.41, 5.74) is 3.03. The number of alkyl carbamates (subject to hydrolysis) is 1. The predicted octanol–water partition coefficient (Wildman–Crippen LogP) is 5.31. The summed E-state index contributed by atoms with van der Waals surface area (Å²) in [6.45, 7) is 16.5. The molecular formula is C21H35NO3. The Morgan fingerprint density at radius 1 is 1.20 bits per heavy atom. The molecule has 142 valence electrons. The van der Waals surface area contributed by atoms with Crippen LogP contribution in [-0.4, -0.2) is 29.9 Å². The van der Waals surface area contributed by atoms with Crippen LogP contribution in [0.5, 0.6) is 0 Å². The minimum Gasteiger partial charge on any atom is -0.444 e. The molecular weight excluding hydrogens is 314 g/mol. The average Bonchev–Trinajstić information content (AvgIpc) is 2.78. The zero-order valence-corrected chi connectivity index (χ0v) is 17.2. The van der Waals surface area contributed by atoms with Crippen molar-refractivity contribution in [2.24, 2.45) is 0 Å². The van der Waals surface area contributed by atoms with Gasteiger partial charge in [-0.25, -0.2) is 4.79 Å². The van der Waals surface area contributed by atoms with E-state index in [2.05, 4.69) is 45.2 Å². The normalized spacial score (nSPS) is 19.7. The SMILES string of the molecule is C/C=C\C1=C(C(/C)=C/COC(C)(C)C)CCC1NC(=O)OC(C)(C)C. The van der Waals surface area contributed by atoms with Crippen molar-refractivity contribution in [2.75, 3.05) is 6.61 Å². The van der Waals surface area contributed by atoms with Crippen LogP contribution < -0.4 is 5.32 Å². The van der Waals surface area contributed by atoms with Crippen molar-refractivity contribution in [1.29, 1.82) is 0 Å². The van der Waals surface area contributed by atoms with Gasteiger partial charge in [-0.15, -0.1) is 0 Å². The van der Waals surface area contributed by atoms with Gasteiger partial charge in [-0.1, -0.05) is 18.2 Å². The van der Waals surface area contributed by atoms with Crippen molar-refractivity contribution < 1.29 is 14.3 Å². The van der Waals surface area contributed by atoms with Gasteiger partial charge in [0.1, 0.15) is 5.60 Å². The summed E-state index contributed by atoms with van der Waals surface area (Å²) in [6, 6.07) is -0.00654. The summed E-state index contributed by atoms with van der Waals surface area (Å²) in [5.74, 6) is 0. The van der Waals surface area contributed by atoms with Crippen molar-refractivity contribution >= 4 is 6.09 Å². The molecule has 0 aromatic rings. The summed E-state index contributed by atoms with van der Waals surface area (Å²) in [5, 5.41) is 3.01. The zero-order chi connectivity index (χ0) is 19.3. The molecule has 0 saturated heterocycles. The van der Waals surface area contributed by atoms with Gasteiger partial charge in [0, 0.05) is 0 Å². The molecule has 0 saturated carbocycles. The van der Waals surface area contributed by atoms with Crippen molar-refractivity contribution in [2.45, 2.75) is 85.5 Å². The molecule has 0 bridgehead atoms. The zero-order valence-electron chi connectivity index (χ0n) is 17.2. The van der Waals surface area contributed by atoms with Crippen LogP contribution in [0.1, 0.15) is 68.2 Å². The van der Waals surface area contributed by atoms with Gasteiger partial charge < -0.3 is 14.8 Å². The summed E-state index contributed by atoms with van der Waals surface area (Å²) in [7, 11) is 0. The summed E-state index contributed by atoms with van der Waals surface area (Å²) in [6.07, 6.45) is 7.70. The maximum absolute atomic E-state index is 12.1. The fourth-order valence-electron chi connectivity index (χ4n) is 2.76. The van der Waals surface area contributed by atoms with E-state index in [1.165, 1.54) is 11.1 Å². The molecule has 1 rings (SSSR count). The Hall–Kier alpha value is -1.55. The Morgan fingerprint density at radius 2 is 1.84 bits per heavy atom. The maximum Gasteiger partial charge on any atom is 0.408 e. The number of amides is 1. The predicted molar refractivity (Wildman–Crippen MR) is 104 cm³/mol. The second-order valence-corrected chi connectivity index (χ2v) is 8.48. The number of rotatable bonds is 5. The highest BCUT2D eigenvalue weighted by atomic mass is 16.6. The Morgan fingerprint density at radius 3 is 2.36 bits per heavy atom. The van der Waals surface area contributed by atoms with Gasteiger partial charge in [0.05, 0.1) is 18.2 Å². The topological polar surface area (TPSA) is 47.6 Å². The van der Waals surface area contributed by atoms with Gasteiger partial charge in [-0.3, -0.25) is 0 Å². The molecule has 0 aromatic heterocycles. The van der Waals surface area contributed by atoms with Gasteiger partial charge >= 0.3 is 6.09 Å². The van der Waals surface area contributed by atoms with Gasteiger partial charge in [-0.05, 0) is 85.0 Å². The van der Waals surface area contributed by atoms with E-state index in [1.54, 1.807) is 0 Å². The monoisotopic (exact) mass is 349 g/mol. The molecule has 1 aliphatic carbocycles. The Labute approximate surface area is 153 Å². The summed E-state index contributed by atoms with van der Waals surface area (Å²) < 4.78 is 11.2. The minimum absolute atomic E-state index is 0.00654. The van der Waals surface area contributed by atoms with Crippen LogP contribution in [0.4, 0.5) is 4.79 Å². The van der Waals surface area contributed by atoms with E-state index in [0.29, 0.717) is 6.61 Å². The molecule has 1 unspecified atom stereocenters. The van der Waals surface area contributed by atoms with Gasteiger partial charge in [0.15, 0.2) is 0 Å². The number of carbonyl (C=O) groups excluding carboxylic acids is 1. The van der Waals surface area contributed by atoms with E-state index < -0.39 is 5.60 Å². The average molecular weight is 350 g/mol. The molecule has 1 amide bonds. The molecule has 0 aliphatic heterocycles. The first-order valence-corrected chi connectivity index (χ1v) is 9.09. The standard InChI is InChI=1S/C21H35NO3/c1-9-10-17-16(15(2)13-14-24-20(3,4)5)11-12-18(17)22-19(23)25-21(6,7)8/h9-10,13,18H,11-12,14H2,1-8H3,(H,22,23)/b10-9-,15-13+. The third-order valence-electron chi connectivity index (χ3n) is 3.83. The molecule has 0 radical (unpaired) electrons. The second-order valence-electron chi connectivity index (χ2n) is 8.48. The van der Waals surface area contributed by atoms with Crippen LogP contribution in [-0.2, 0) is 9.47 Å². The quantitative estimate of drug-likeness (QED) is 0.732. The Bertz CT molecular complexity index is 557. The highest BCUT2D eigenvalue weighted by Crippen LogP contribution is 2.32. The number of nitrogens with one attached hydrogen (secondary N) is 1. The first-order chi connectivity index (χ1) is 11.4. The molecule has 0 fully saturated rings. The number of allylic oxidation sites excluding steroid dienone is 3. The van der Waals surface area contributed by atoms with Crippen molar-refractivity contribution in [3.63, 3.8) is 0 Å². The third-order valence-corrected chi connectivity index (χ3v) is 3.83. The summed E-state index contributed by atoms with van der Waals surface area (Å²) >= 11 is 0. The fraction of sp³-hybridized carbons (Fsp3) is 0.667. The lowest BCUT2D eigenvalue weighted by Gasteiger charge is -2.22. The molecule has 0 aromatic carbocycles. The maximum atomic E-state index is 12.1. The molecule has 0 heterocycles. The Balaban J connectivity index is 2.87. The molecule has 0 spiro atoms. The van der Waals surface area contributed by atoms with E-state index in [1.807, 2.05) is 33.8 Å². The van der Waals surface area contributed by atoms with Crippen molar-refractivity contribution in [1.82, 2.24) is 5.32 Å². The van der Waals surface area contributed by atoms with Crippen LogP contribution in [0.15, 0.2) is 34.9 Å². The van der Waals surface area contributed by atoms with E-state index in [0.717, 1.165) is 18.4 Å². The van der Waals surface area contributed by atoms with E-state index in [4.69, 9.17) is 9.47 Å². The first-order valence-electron chi connectivity index (χ1n) is 9.09. The molecule has 1 N–H and O–H groups in total. The second kappa shape index (κ2) is 8.70. The Kier molecular flexibility index (Phi) is 7.48. The van der Waals surface area contributed by atoms with Crippen molar-refractivity contribution in [3.05, 3.63) is 34.9 Å². The molecule has 1 atom stereocenters. The van der Waals surface area contributed by atoms with E-state index >= 15 is 0 Å². The number of hydrogen-bond acceptors (Lipinski definition) is 3. The number of ether oxygens (including phenoxy) is 2. The summed E-state index contributed by atoms with van der Waals surface area (Å²) in [4.78, 5) is 12.1. The van der Waals surface area contributed by atoms with E-state index in [-0.39, 0.29) is 17.7 Å². The highest BCUT2D eigenvalue weighted by molar-refractivity contribution is 5.69. The van der Waals surface area contributed by atoms with Crippen LogP contribution in [0.25, 0.3) is 0 Å². The lowest BCUT2D eigenvalue weighted by Crippen LogP contribution is -2.38. The minimum atomic E-state index is -0.490. The first kappa shape index (κ1) is 21.5. The largest absolute Gasteiger partial charge is 0.444 e. The number of hydrogen-bond donors (Lipinski definition) is 1. The van der Waals surface area contributed by atoms with Crippen molar-refractivity contribution in [3.8, 4) is 0 Å². The van der Waals surface area contributed by atoms with Crippen LogP contribution in [0.3, 0.4) is 0 Å². The lowest BCUT2D eigenvalue weighted by atomic mass is 10.0. The molecule has 4 nitrogen and oxygen atoms in total. The van der Waals surface area contributed by atoms with Gasteiger partial charge in [0.2, 0.25) is 0 Å². The number of carbonyl (C=O) groups is 1. The molecule has 1 aliphatic rings. The lowest BCUT2D eigenvalue weighted by molar-refractivity contribution is 0.0148. The van der Waals surface area contributed by atoms with Crippen LogP contribution in [0, 0.1) is 0 Å². The van der Waals surface area contributed by atoms with Crippen LogP contribution >= 0.6 is 0 Å². The third kappa shape index (κ3) is 7.91. The molecule has 4 heteroatoms. The highest BCUT2D eigenvalue weighted by Gasteiger charge is 2.27. The van der Waals surface area contributed by atoms with E-state index in [9.17, 15) is 4.79 Å². The molecule has 25 heavy (non-hydrogen) atoms. The van der Waals surface area contributed by atoms with Crippen LogP contribution in [0.2, 0.25) is 0 Å².